The van der Waals surface area contributed by atoms with Crippen LogP contribution in [0.5, 0.6) is 0 Å². The summed E-state index contributed by atoms with van der Waals surface area (Å²) in [6.45, 7) is 2.53. The Morgan fingerprint density at radius 2 is 1.95 bits per heavy atom. The lowest BCUT2D eigenvalue weighted by atomic mass is 10.2. The van der Waals surface area contributed by atoms with Crippen LogP contribution in [-0.2, 0) is 6.54 Å². The molecule has 0 atom stereocenters. The number of thiophene rings is 1. The van der Waals surface area contributed by atoms with Crippen molar-refractivity contribution in [2.24, 2.45) is 0 Å². The number of nitrogens with one attached hydrogen (secondary N) is 1. The van der Waals surface area contributed by atoms with Gasteiger partial charge in [-0.25, -0.2) is 0 Å². The first kappa shape index (κ1) is 14.3. The molecule has 0 fully saturated rings. The Bertz CT molecular complexity index is 549. The number of hydrogen-bond acceptors (Lipinski definition) is 3. The van der Waals surface area contributed by atoms with Gasteiger partial charge < -0.3 is 5.32 Å². The number of hydrogen-bond donors (Lipinski definition) is 1. The van der Waals surface area contributed by atoms with E-state index in [1.54, 1.807) is 29.5 Å². The van der Waals surface area contributed by atoms with E-state index in [2.05, 4.69) is 5.32 Å². The third kappa shape index (κ3) is 4.18. The maximum atomic E-state index is 12.4. The van der Waals surface area contributed by atoms with Gasteiger partial charge in [0.05, 0.1) is 0 Å². The molecule has 1 nitrogen and oxygen atoms in total. The summed E-state index contributed by atoms with van der Waals surface area (Å²) in [5.74, 6) is 0. The molecule has 19 heavy (non-hydrogen) atoms. The van der Waals surface area contributed by atoms with Crippen LogP contribution < -0.4 is 5.32 Å². The molecule has 0 aliphatic rings. The molecule has 1 heterocycles. The average molecular weight is 303 g/mol. The highest BCUT2D eigenvalue weighted by atomic mass is 32.2. The zero-order valence-corrected chi connectivity index (χ0v) is 11.8. The molecule has 0 aliphatic heterocycles. The van der Waals surface area contributed by atoms with Gasteiger partial charge in [-0.3, -0.25) is 0 Å². The van der Waals surface area contributed by atoms with Gasteiger partial charge in [0.25, 0.3) is 0 Å². The van der Waals surface area contributed by atoms with Crippen LogP contribution in [0.2, 0.25) is 0 Å². The largest absolute Gasteiger partial charge is 0.446 e. The van der Waals surface area contributed by atoms with Gasteiger partial charge >= 0.3 is 5.51 Å². The lowest BCUT2D eigenvalue weighted by Gasteiger charge is -2.12. The molecule has 0 saturated heterocycles. The van der Waals surface area contributed by atoms with E-state index < -0.39 is 5.51 Å². The van der Waals surface area contributed by atoms with Crippen molar-refractivity contribution in [3.63, 3.8) is 0 Å². The second-order valence-corrected chi connectivity index (χ2v) is 6.03. The monoisotopic (exact) mass is 303 g/mol. The number of rotatable bonds is 4. The highest BCUT2D eigenvalue weighted by Gasteiger charge is 2.30. The van der Waals surface area contributed by atoms with Crippen LogP contribution in [0.15, 0.2) is 40.6 Å². The maximum Gasteiger partial charge on any atom is 0.446 e. The summed E-state index contributed by atoms with van der Waals surface area (Å²) >= 11 is 1.51. The molecule has 0 amide bonds. The fourth-order valence-corrected chi connectivity index (χ4v) is 3.08. The fourth-order valence-electron chi connectivity index (χ4n) is 1.59. The second-order valence-electron chi connectivity index (χ2n) is 3.92. The highest BCUT2D eigenvalue weighted by molar-refractivity contribution is 8.00. The van der Waals surface area contributed by atoms with Crippen molar-refractivity contribution in [2.75, 3.05) is 5.32 Å². The number of aryl methyl sites for hydroxylation is 1. The first-order valence-corrected chi connectivity index (χ1v) is 7.27. The minimum absolute atomic E-state index is 0.0903. The number of para-hydroxylation sites is 1. The predicted octanol–water partition coefficient (Wildman–Crippen LogP) is 5.28. The summed E-state index contributed by atoms with van der Waals surface area (Å²) < 4.78 is 37.3. The van der Waals surface area contributed by atoms with Crippen LogP contribution in [0, 0.1) is 6.92 Å². The van der Waals surface area contributed by atoms with Crippen LogP contribution in [0.1, 0.15) is 10.4 Å². The normalized spacial score (nSPS) is 11.6. The van der Waals surface area contributed by atoms with E-state index in [-0.39, 0.29) is 16.7 Å². The first-order chi connectivity index (χ1) is 8.96. The molecule has 0 aliphatic carbocycles. The van der Waals surface area contributed by atoms with Crippen LogP contribution in [0.25, 0.3) is 0 Å². The zero-order chi connectivity index (χ0) is 13.9. The van der Waals surface area contributed by atoms with E-state index in [0.717, 1.165) is 10.4 Å². The molecule has 102 valence electrons. The van der Waals surface area contributed by atoms with Gasteiger partial charge in [0.2, 0.25) is 0 Å². The van der Waals surface area contributed by atoms with Crippen molar-refractivity contribution < 1.29 is 13.2 Å². The molecule has 0 radical (unpaired) electrons. The minimum Gasteiger partial charge on any atom is -0.379 e. The van der Waals surface area contributed by atoms with Crippen LogP contribution in [0.3, 0.4) is 0 Å². The molecule has 1 N–H and O–H groups in total. The van der Waals surface area contributed by atoms with Crippen molar-refractivity contribution in [1.29, 1.82) is 0 Å². The third-order valence-electron chi connectivity index (χ3n) is 2.52. The van der Waals surface area contributed by atoms with Crippen molar-refractivity contribution in [1.82, 2.24) is 0 Å². The van der Waals surface area contributed by atoms with Gasteiger partial charge in [0, 0.05) is 22.0 Å². The van der Waals surface area contributed by atoms with Gasteiger partial charge in [-0.2, -0.15) is 13.2 Å². The third-order valence-corrected chi connectivity index (χ3v) is 4.35. The molecule has 0 spiro atoms. The molecule has 0 bridgehead atoms. The smallest absolute Gasteiger partial charge is 0.379 e. The topological polar surface area (TPSA) is 12.0 Å². The van der Waals surface area contributed by atoms with Crippen molar-refractivity contribution >= 4 is 28.8 Å². The van der Waals surface area contributed by atoms with Crippen LogP contribution in [-0.4, -0.2) is 5.51 Å². The molecule has 6 heteroatoms. The van der Waals surface area contributed by atoms with E-state index in [4.69, 9.17) is 0 Å². The SMILES string of the molecule is Cc1ccsc1CNc1ccccc1SC(F)(F)F. The molecular formula is C13H12F3NS2. The van der Waals surface area contributed by atoms with E-state index in [0.29, 0.717) is 12.2 Å². The molecule has 2 rings (SSSR count). The Labute approximate surface area is 117 Å². The lowest BCUT2D eigenvalue weighted by molar-refractivity contribution is -0.0327. The number of anilines is 1. The van der Waals surface area contributed by atoms with Crippen molar-refractivity contribution in [3.05, 3.63) is 46.2 Å². The van der Waals surface area contributed by atoms with E-state index in [9.17, 15) is 13.2 Å². The van der Waals surface area contributed by atoms with Crippen molar-refractivity contribution in [2.45, 2.75) is 23.9 Å². The standard InChI is InChI=1S/C13H12F3NS2/c1-9-6-7-18-12(9)8-17-10-4-2-3-5-11(10)19-13(14,15)16/h2-7,17H,8H2,1H3. The number of alkyl halides is 3. The quantitative estimate of drug-likeness (QED) is 0.771. The van der Waals surface area contributed by atoms with Gasteiger partial charge in [0.1, 0.15) is 0 Å². The van der Waals surface area contributed by atoms with Gasteiger partial charge in [0.15, 0.2) is 0 Å². The molecular weight excluding hydrogens is 291 g/mol. The van der Waals surface area contributed by atoms with E-state index in [1.807, 2.05) is 18.4 Å². The van der Waals surface area contributed by atoms with Crippen molar-refractivity contribution in [3.8, 4) is 0 Å². The Morgan fingerprint density at radius 1 is 1.21 bits per heavy atom. The Balaban J connectivity index is 2.10. The Hall–Kier alpha value is -1.14. The van der Waals surface area contributed by atoms with E-state index >= 15 is 0 Å². The molecule has 0 saturated carbocycles. The second kappa shape index (κ2) is 5.88. The van der Waals surface area contributed by atoms with Gasteiger partial charge in [-0.15, -0.1) is 11.3 Å². The molecule has 2 aromatic rings. The first-order valence-electron chi connectivity index (χ1n) is 5.57. The highest BCUT2D eigenvalue weighted by Crippen LogP contribution is 2.40. The summed E-state index contributed by atoms with van der Waals surface area (Å²) in [6, 6.07) is 8.47. The van der Waals surface area contributed by atoms with E-state index in [1.165, 1.54) is 6.07 Å². The summed E-state index contributed by atoms with van der Waals surface area (Å²) in [5, 5.41) is 5.04. The summed E-state index contributed by atoms with van der Waals surface area (Å²) in [5.41, 5.74) is -2.60. The maximum absolute atomic E-state index is 12.4. The average Bonchev–Trinajstić information content (AvgIpc) is 2.72. The summed E-state index contributed by atoms with van der Waals surface area (Å²) in [6.07, 6.45) is 0. The minimum atomic E-state index is -4.27. The lowest BCUT2D eigenvalue weighted by Crippen LogP contribution is -2.03. The predicted molar refractivity (Wildman–Crippen MR) is 74.7 cm³/mol. The van der Waals surface area contributed by atoms with Crippen LogP contribution in [0.4, 0.5) is 18.9 Å². The molecule has 0 unspecified atom stereocenters. The van der Waals surface area contributed by atoms with Crippen LogP contribution >= 0.6 is 23.1 Å². The Kier molecular flexibility index (Phi) is 4.42. The van der Waals surface area contributed by atoms with Gasteiger partial charge in [-0.05, 0) is 47.8 Å². The van der Waals surface area contributed by atoms with Gasteiger partial charge in [-0.1, -0.05) is 12.1 Å². The molecule has 1 aromatic carbocycles. The number of thioether (sulfide) groups is 1. The summed E-state index contributed by atoms with van der Waals surface area (Å²) in [4.78, 5) is 1.33. The zero-order valence-electron chi connectivity index (χ0n) is 10.1. The molecule has 1 aromatic heterocycles. The summed E-state index contributed by atoms with van der Waals surface area (Å²) in [7, 11) is 0. The fraction of sp³-hybridized carbons (Fsp3) is 0.231. The number of halogens is 3. The number of benzene rings is 1. The Morgan fingerprint density at radius 3 is 2.58 bits per heavy atom.